The molecule has 1 aliphatic carbocycles. The number of piperidine rings is 1. The maximum atomic E-state index is 13.2. The molecule has 9 nitrogen and oxygen atoms in total. The predicted molar refractivity (Wildman–Crippen MR) is 153 cm³/mol. The van der Waals surface area contributed by atoms with Gasteiger partial charge in [-0.3, -0.25) is 4.79 Å². The largest absolute Gasteiger partial charge is 0.371 e. The van der Waals surface area contributed by atoms with Crippen LogP contribution in [0.1, 0.15) is 74.0 Å². The van der Waals surface area contributed by atoms with Crippen LogP contribution in [0.4, 0.5) is 5.69 Å². The molecule has 3 aromatic rings. The van der Waals surface area contributed by atoms with Crippen molar-refractivity contribution in [2.45, 2.75) is 57.8 Å². The molecule has 208 valence electrons. The number of nitrogens with zero attached hydrogens (tertiary/aromatic N) is 5. The number of hydrogen-bond acceptors (Lipinski definition) is 7. The number of nitrogens with one attached hydrogen (secondary N) is 1. The molecular weight excluding hydrogens is 512 g/mol. The van der Waals surface area contributed by atoms with Gasteiger partial charge in [0.1, 0.15) is 5.69 Å². The minimum atomic E-state index is -3.72. The second kappa shape index (κ2) is 10.9. The van der Waals surface area contributed by atoms with Gasteiger partial charge in [-0.2, -0.15) is 5.10 Å². The molecular formula is C29H38N6O3S. The van der Waals surface area contributed by atoms with E-state index in [4.69, 9.17) is 10.1 Å². The zero-order valence-corrected chi connectivity index (χ0v) is 23.5. The number of carbonyl (C=O) groups excluding carboxylic acids is 1. The monoisotopic (exact) mass is 550 g/mol. The van der Waals surface area contributed by atoms with Crippen LogP contribution in [0.15, 0.2) is 36.4 Å². The highest BCUT2D eigenvalue weighted by Crippen LogP contribution is 2.43. The van der Waals surface area contributed by atoms with Crippen molar-refractivity contribution in [1.82, 2.24) is 24.4 Å². The summed E-state index contributed by atoms with van der Waals surface area (Å²) in [4.78, 5) is 22.9. The molecule has 3 aliphatic rings. The molecule has 0 spiro atoms. The zero-order chi connectivity index (χ0) is 27.0. The molecule has 1 aromatic carbocycles. The van der Waals surface area contributed by atoms with Crippen LogP contribution in [0, 0.1) is 5.92 Å². The first kappa shape index (κ1) is 26.3. The lowest BCUT2D eigenvalue weighted by molar-refractivity contribution is 0.0977. The van der Waals surface area contributed by atoms with Gasteiger partial charge in [0.15, 0.2) is 5.65 Å². The van der Waals surface area contributed by atoms with Crippen molar-refractivity contribution in [3.05, 3.63) is 47.8 Å². The van der Waals surface area contributed by atoms with Crippen LogP contribution in [0.3, 0.4) is 0 Å². The second-order valence-electron chi connectivity index (χ2n) is 11.3. The highest BCUT2D eigenvalue weighted by molar-refractivity contribution is 7.90. The normalized spacial score (nSPS) is 19.5. The molecule has 0 atom stereocenters. The molecule has 10 heteroatoms. The fourth-order valence-electron chi connectivity index (χ4n) is 6.16. The molecule has 6 rings (SSSR count). The molecule has 4 heterocycles. The number of para-hydroxylation sites is 1. The standard InChI is InChI=1S/C29H38N6O3S/c1-2-39(37,38)32-29(36)24-19-25(34-17-13-21(14-18-34)20-33-15-6-7-16-33)26-27(22-9-8-10-22)31-35(28(26)30-24)23-11-4-3-5-12-23/h3-5,11-12,19,21-22H,2,6-10,13-18,20H2,1H3,(H,32,36). The number of likely N-dealkylation sites (tertiary alicyclic amines) is 1. The van der Waals surface area contributed by atoms with Crippen molar-refractivity contribution in [2.24, 2.45) is 5.92 Å². The van der Waals surface area contributed by atoms with Crippen molar-refractivity contribution >= 4 is 32.7 Å². The van der Waals surface area contributed by atoms with Crippen molar-refractivity contribution in [3.63, 3.8) is 0 Å². The molecule has 1 N–H and O–H groups in total. The van der Waals surface area contributed by atoms with E-state index in [1.165, 1.54) is 45.8 Å². The lowest BCUT2D eigenvalue weighted by Crippen LogP contribution is -2.38. The third-order valence-corrected chi connectivity index (χ3v) is 9.92. The highest BCUT2D eigenvalue weighted by Gasteiger charge is 2.32. The number of benzene rings is 1. The molecule has 0 radical (unpaired) electrons. The molecule has 1 amide bonds. The third-order valence-electron chi connectivity index (χ3n) is 8.67. The van der Waals surface area contributed by atoms with Gasteiger partial charge in [-0.25, -0.2) is 22.8 Å². The Morgan fingerprint density at radius 1 is 1.00 bits per heavy atom. The van der Waals surface area contributed by atoms with Crippen LogP contribution < -0.4 is 9.62 Å². The Morgan fingerprint density at radius 2 is 1.72 bits per heavy atom. The number of aromatic nitrogens is 3. The Bertz CT molecular complexity index is 1440. The molecule has 3 fully saturated rings. The molecule has 0 bridgehead atoms. The van der Waals surface area contributed by atoms with Gasteiger partial charge in [0.2, 0.25) is 10.0 Å². The lowest BCUT2D eigenvalue weighted by atomic mass is 9.81. The van der Waals surface area contributed by atoms with Gasteiger partial charge in [0.25, 0.3) is 5.91 Å². The van der Waals surface area contributed by atoms with Crippen LogP contribution in [0.25, 0.3) is 16.7 Å². The fraction of sp³-hybridized carbons (Fsp3) is 0.552. The summed E-state index contributed by atoms with van der Waals surface area (Å²) in [5, 5.41) is 6.08. The number of pyridine rings is 1. The number of anilines is 1. The highest BCUT2D eigenvalue weighted by atomic mass is 32.2. The number of sulfonamides is 1. The summed E-state index contributed by atoms with van der Waals surface area (Å²) >= 11 is 0. The summed E-state index contributed by atoms with van der Waals surface area (Å²) < 4.78 is 28.5. The van der Waals surface area contributed by atoms with Crippen molar-refractivity contribution in [3.8, 4) is 5.69 Å². The smallest absolute Gasteiger partial charge is 0.283 e. The van der Waals surface area contributed by atoms with Crippen LogP contribution in [0.2, 0.25) is 0 Å². The Labute approximate surface area is 230 Å². The Hall–Kier alpha value is -2.98. The molecule has 39 heavy (non-hydrogen) atoms. The van der Waals surface area contributed by atoms with E-state index in [1.54, 1.807) is 6.07 Å². The zero-order valence-electron chi connectivity index (χ0n) is 22.7. The summed E-state index contributed by atoms with van der Waals surface area (Å²) in [7, 11) is -3.72. The molecule has 2 saturated heterocycles. The van der Waals surface area contributed by atoms with Crippen LogP contribution in [-0.4, -0.2) is 72.5 Å². The van der Waals surface area contributed by atoms with E-state index in [1.807, 2.05) is 35.0 Å². The van der Waals surface area contributed by atoms with E-state index in [-0.39, 0.29) is 11.4 Å². The van der Waals surface area contributed by atoms with Gasteiger partial charge >= 0.3 is 0 Å². The van der Waals surface area contributed by atoms with Gasteiger partial charge in [-0.05, 0) is 82.7 Å². The van der Waals surface area contributed by atoms with Crippen molar-refractivity contribution in [2.75, 3.05) is 43.4 Å². The van der Waals surface area contributed by atoms with Crippen molar-refractivity contribution < 1.29 is 13.2 Å². The lowest BCUT2D eigenvalue weighted by Gasteiger charge is -2.36. The molecule has 1 saturated carbocycles. The minimum Gasteiger partial charge on any atom is -0.371 e. The Morgan fingerprint density at radius 3 is 2.36 bits per heavy atom. The summed E-state index contributed by atoms with van der Waals surface area (Å²) in [6, 6.07) is 11.6. The topological polar surface area (TPSA) is 100 Å². The summed E-state index contributed by atoms with van der Waals surface area (Å²) in [5.41, 5.74) is 3.57. The van der Waals surface area contributed by atoms with Crippen LogP contribution in [0.5, 0.6) is 0 Å². The SMILES string of the molecule is CCS(=O)(=O)NC(=O)c1cc(N2CCC(CN3CCCC3)CC2)c2c(C3CCC3)nn(-c3ccccc3)c2n1. The summed E-state index contributed by atoms with van der Waals surface area (Å²) in [5.74, 6) is 0.166. The van der Waals surface area contributed by atoms with Gasteiger partial charge < -0.3 is 9.80 Å². The van der Waals surface area contributed by atoms with E-state index in [9.17, 15) is 13.2 Å². The first-order chi connectivity index (χ1) is 18.9. The number of carbonyl (C=O) groups is 1. The average Bonchev–Trinajstić information content (AvgIpc) is 3.56. The summed E-state index contributed by atoms with van der Waals surface area (Å²) in [6.07, 6.45) is 8.17. The maximum Gasteiger partial charge on any atom is 0.283 e. The quantitative estimate of drug-likeness (QED) is 0.451. The van der Waals surface area contributed by atoms with Crippen LogP contribution in [-0.2, 0) is 10.0 Å². The van der Waals surface area contributed by atoms with Gasteiger partial charge in [-0.15, -0.1) is 0 Å². The first-order valence-corrected chi connectivity index (χ1v) is 16.1. The predicted octanol–water partition coefficient (Wildman–Crippen LogP) is 4.08. The second-order valence-corrected chi connectivity index (χ2v) is 13.3. The number of amides is 1. The van der Waals surface area contributed by atoms with E-state index in [2.05, 4.69) is 14.5 Å². The number of rotatable bonds is 8. The first-order valence-electron chi connectivity index (χ1n) is 14.4. The van der Waals surface area contributed by atoms with Gasteiger partial charge in [-0.1, -0.05) is 24.6 Å². The fourth-order valence-corrected chi connectivity index (χ4v) is 6.69. The number of fused-ring (bicyclic) bond motifs is 1. The molecule has 2 aromatic heterocycles. The molecule has 2 aliphatic heterocycles. The van der Waals surface area contributed by atoms with Crippen LogP contribution >= 0.6 is 0 Å². The van der Waals surface area contributed by atoms with E-state index >= 15 is 0 Å². The minimum absolute atomic E-state index is 0.103. The van der Waals surface area contributed by atoms with Crippen molar-refractivity contribution in [1.29, 1.82) is 0 Å². The maximum absolute atomic E-state index is 13.2. The van der Waals surface area contributed by atoms with E-state index < -0.39 is 15.9 Å². The summed E-state index contributed by atoms with van der Waals surface area (Å²) in [6.45, 7) is 6.90. The van der Waals surface area contributed by atoms with E-state index in [0.29, 0.717) is 17.5 Å². The average molecular weight is 551 g/mol. The Balaban J connectivity index is 1.42. The number of hydrogen-bond donors (Lipinski definition) is 1. The van der Waals surface area contributed by atoms with Gasteiger partial charge in [0.05, 0.1) is 28.2 Å². The van der Waals surface area contributed by atoms with Gasteiger partial charge in [0, 0.05) is 25.6 Å². The molecule has 0 unspecified atom stereocenters. The third kappa shape index (κ3) is 5.41. The van der Waals surface area contributed by atoms with E-state index in [0.717, 1.165) is 61.2 Å². The Kier molecular flexibility index (Phi) is 7.33.